The maximum Gasteiger partial charge on any atom is 0.222 e. The average Bonchev–Trinajstić information content (AvgIpc) is 3.13. The number of carbonyl (C=O) groups is 1. The highest BCUT2D eigenvalue weighted by Gasteiger charge is 2.26. The van der Waals surface area contributed by atoms with Crippen LogP contribution in [0.4, 0.5) is 5.13 Å². The van der Waals surface area contributed by atoms with Gasteiger partial charge in [-0.15, -0.1) is 0 Å². The first-order chi connectivity index (χ1) is 12.7. The number of hydrogen-bond donors (Lipinski definition) is 0. The Bertz CT molecular complexity index is 765. The van der Waals surface area contributed by atoms with Crippen LogP contribution in [0.3, 0.4) is 0 Å². The number of carbonyl (C=O) groups excluding carboxylic acids is 1. The van der Waals surface area contributed by atoms with Crippen LogP contribution < -0.4 is 9.64 Å². The summed E-state index contributed by atoms with van der Waals surface area (Å²) in [6.45, 7) is 3.82. The summed E-state index contributed by atoms with van der Waals surface area (Å²) < 4.78 is 6.59. The van der Waals surface area contributed by atoms with Crippen molar-refractivity contribution in [3.8, 4) is 5.75 Å². The van der Waals surface area contributed by atoms with Crippen molar-refractivity contribution < 1.29 is 9.53 Å². The molecular formula is C19H25N3O2S2. The van der Waals surface area contributed by atoms with E-state index in [9.17, 15) is 4.79 Å². The molecule has 5 nitrogen and oxygen atoms in total. The number of ether oxygens (including phenoxy) is 1. The molecule has 2 aliphatic heterocycles. The number of amides is 1. The van der Waals surface area contributed by atoms with E-state index in [-0.39, 0.29) is 0 Å². The second-order valence-electron chi connectivity index (χ2n) is 6.93. The lowest BCUT2D eigenvalue weighted by atomic mass is 9.93. The summed E-state index contributed by atoms with van der Waals surface area (Å²) in [5.74, 6) is 3.88. The molecule has 0 atom stereocenters. The molecule has 0 N–H and O–H groups in total. The molecule has 26 heavy (non-hydrogen) atoms. The number of thioether (sulfide) groups is 1. The Morgan fingerprint density at radius 3 is 2.73 bits per heavy atom. The lowest BCUT2D eigenvalue weighted by Crippen LogP contribution is -2.40. The number of aromatic nitrogens is 1. The highest BCUT2D eigenvalue weighted by atomic mass is 32.2. The van der Waals surface area contributed by atoms with Crippen LogP contribution in [0.15, 0.2) is 18.2 Å². The minimum Gasteiger partial charge on any atom is -0.494 e. The normalized spacial score (nSPS) is 19.1. The molecule has 0 unspecified atom stereocenters. The van der Waals surface area contributed by atoms with Crippen LogP contribution in [0.2, 0.25) is 0 Å². The monoisotopic (exact) mass is 391 g/mol. The number of rotatable bonds is 4. The molecule has 3 heterocycles. The molecule has 0 bridgehead atoms. The first-order valence-corrected chi connectivity index (χ1v) is 11.3. The molecular weight excluding hydrogens is 366 g/mol. The Labute approximate surface area is 162 Å². The van der Waals surface area contributed by atoms with Gasteiger partial charge in [0.1, 0.15) is 11.3 Å². The topological polar surface area (TPSA) is 45.7 Å². The van der Waals surface area contributed by atoms with Gasteiger partial charge in [-0.1, -0.05) is 17.4 Å². The fourth-order valence-electron chi connectivity index (χ4n) is 3.73. The van der Waals surface area contributed by atoms with Crippen molar-refractivity contribution >= 4 is 44.4 Å². The molecule has 1 aromatic carbocycles. The van der Waals surface area contributed by atoms with E-state index in [0.717, 1.165) is 66.9 Å². The minimum atomic E-state index is 0.355. The predicted octanol–water partition coefficient (Wildman–Crippen LogP) is 3.49. The van der Waals surface area contributed by atoms with Gasteiger partial charge in [0, 0.05) is 44.1 Å². The van der Waals surface area contributed by atoms with Gasteiger partial charge in [0.2, 0.25) is 5.91 Å². The maximum absolute atomic E-state index is 12.5. The predicted molar refractivity (Wildman–Crippen MR) is 110 cm³/mol. The third-order valence-electron chi connectivity index (χ3n) is 5.30. The number of thiazole rings is 1. The van der Waals surface area contributed by atoms with E-state index in [2.05, 4.69) is 15.9 Å². The summed E-state index contributed by atoms with van der Waals surface area (Å²) in [7, 11) is 1.69. The molecule has 0 spiro atoms. The largest absolute Gasteiger partial charge is 0.494 e. The molecule has 2 aliphatic rings. The van der Waals surface area contributed by atoms with Crippen LogP contribution in [-0.4, -0.2) is 60.6 Å². The van der Waals surface area contributed by atoms with Crippen LogP contribution in [-0.2, 0) is 4.79 Å². The summed E-state index contributed by atoms with van der Waals surface area (Å²) in [6, 6.07) is 6.07. The third kappa shape index (κ3) is 3.78. The van der Waals surface area contributed by atoms with Crippen molar-refractivity contribution in [2.45, 2.75) is 19.3 Å². The average molecular weight is 392 g/mol. The molecule has 4 rings (SSSR count). The second kappa shape index (κ2) is 8.05. The summed E-state index contributed by atoms with van der Waals surface area (Å²) in [5.41, 5.74) is 0.954. The molecule has 140 valence electrons. The number of piperidine rings is 1. The molecule has 0 saturated carbocycles. The van der Waals surface area contributed by atoms with Crippen molar-refractivity contribution in [1.29, 1.82) is 0 Å². The smallest absolute Gasteiger partial charge is 0.222 e. The highest BCUT2D eigenvalue weighted by Crippen LogP contribution is 2.35. The van der Waals surface area contributed by atoms with Gasteiger partial charge in [0.25, 0.3) is 0 Å². The van der Waals surface area contributed by atoms with Crippen molar-refractivity contribution in [2.24, 2.45) is 5.92 Å². The van der Waals surface area contributed by atoms with Gasteiger partial charge >= 0.3 is 0 Å². The highest BCUT2D eigenvalue weighted by molar-refractivity contribution is 7.99. The van der Waals surface area contributed by atoms with E-state index in [4.69, 9.17) is 9.72 Å². The van der Waals surface area contributed by atoms with Crippen molar-refractivity contribution in [1.82, 2.24) is 9.88 Å². The van der Waals surface area contributed by atoms with Gasteiger partial charge < -0.3 is 14.5 Å². The Morgan fingerprint density at radius 2 is 2.00 bits per heavy atom. The summed E-state index contributed by atoms with van der Waals surface area (Å²) in [6.07, 6.45) is 2.86. The zero-order valence-corrected chi connectivity index (χ0v) is 16.8. The third-order valence-corrected chi connectivity index (χ3v) is 7.33. The number of methoxy groups -OCH3 is 1. The van der Waals surface area contributed by atoms with Crippen LogP contribution in [0.25, 0.3) is 10.2 Å². The molecule has 0 aliphatic carbocycles. The van der Waals surface area contributed by atoms with Crippen molar-refractivity contribution in [3.05, 3.63) is 18.2 Å². The minimum absolute atomic E-state index is 0.355. The zero-order valence-electron chi connectivity index (χ0n) is 15.1. The first-order valence-electron chi connectivity index (χ1n) is 9.28. The van der Waals surface area contributed by atoms with Gasteiger partial charge in [0.05, 0.1) is 11.8 Å². The lowest BCUT2D eigenvalue weighted by Gasteiger charge is -2.33. The number of hydrogen-bond acceptors (Lipinski definition) is 6. The molecule has 2 aromatic rings. The van der Waals surface area contributed by atoms with E-state index in [0.29, 0.717) is 18.2 Å². The number of nitrogens with zero attached hydrogens (tertiary/aromatic N) is 3. The Hall–Kier alpha value is -1.47. The van der Waals surface area contributed by atoms with E-state index in [1.54, 1.807) is 18.4 Å². The van der Waals surface area contributed by atoms with Crippen molar-refractivity contribution in [2.75, 3.05) is 49.7 Å². The number of anilines is 1. The SMILES string of the molecule is COc1cccc2sc(N3CCC(CC(=O)N4CCSCC4)CC3)nc12. The maximum atomic E-state index is 12.5. The Kier molecular flexibility index (Phi) is 5.55. The Balaban J connectivity index is 1.35. The van der Waals surface area contributed by atoms with Crippen LogP contribution >= 0.6 is 23.1 Å². The second-order valence-corrected chi connectivity index (χ2v) is 9.17. The van der Waals surface area contributed by atoms with Crippen LogP contribution in [0, 0.1) is 5.92 Å². The lowest BCUT2D eigenvalue weighted by molar-refractivity contribution is -0.132. The molecule has 0 radical (unpaired) electrons. The number of para-hydroxylation sites is 1. The van der Waals surface area contributed by atoms with E-state index in [1.807, 2.05) is 23.9 Å². The van der Waals surface area contributed by atoms with Gasteiger partial charge in [-0.3, -0.25) is 4.79 Å². The summed E-state index contributed by atoms with van der Waals surface area (Å²) in [5, 5.41) is 1.07. The quantitative estimate of drug-likeness (QED) is 0.798. The van der Waals surface area contributed by atoms with Crippen LogP contribution in [0.1, 0.15) is 19.3 Å². The van der Waals surface area contributed by atoms with E-state index >= 15 is 0 Å². The van der Waals surface area contributed by atoms with E-state index in [1.165, 1.54) is 4.70 Å². The standard InChI is InChI=1S/C19H25N3O2S2/c1-24-15-3-2-4-16-18(15)20-19(26-16)22-7-5-14(6-8-22)13-17(23)21-9-11-25-12-10-21/h2-4,14H,5-13H2,1H3. The fourth-order valence-corrected chi connectivity index (χ4v) is 5.67. The van der Waals surface area contributed by atoms with Gasteiger partial charge in [-0.05, 0) is 30.9 Å². The first kappa shape index (κ1) is 17.9. The number of fused-ring (bicyclic) bond motifs is 1. The van der Waals surface area contributed by atoms with Gasteiger partial charge in [-0.2, -0.15) is 11.8 Å². The summed E-state index contributed by atoms with van der Waals surface area (Å²) >= 11 is 3.68. The summed E-state index contributed by atoms with van der Waals surface area (Å²) in [4.78, 5) is 21.7. The molecule has 2 fully saturated rings. The Morgan fingerprint density at radius 1 is 1.23 bits per heavy atom. The molecule has 1 aromatic heterocycles. The van der Waals surface area contributed by atoms with Gasteiger partial charge in [-0.25, -0.2) is 4.98 Å². The zero-order chi connectivity index (χ0) is 17.9. The van der Waals surface area contributed by atoms with E-state index < -0.39 is 0 Å². The molecule has 1 amide bonds. The van der Waals surface area contributed by atoms with Gasteiger partial charge in [0.15, 0.2) is 5.13 Å². The number of benzene rings is 1. The fraction of sp³-hybridized carbons (Fsp3) is 0.579. The molecule has 7 heteroatoms. The van der Waals surface area contributed by atoms with Crippen LogP contribution in [0.5, 0.6) is 5.75 Å². The van der Waals surface area contributed by atoms with Crippen molar-refractivity contribution in [3.63, 3.8) is 0 Å². The molecule has 2 saturated heterocycles.